The highest BCUT2D eigenvalue weighted by molar-refractivity contribution is 5.88. The van der Waals surface area contributed by atoms with Crippen molar-refractivity contribution in [2.75, 3.05) is 25.1 Å². The number of anilines is 1. The third kappa shape index (κ3) is 7.97. The van der Waals surface area contributed by atoms with Crippen molar-refractivity contribution in [3.63, 3.8) is 0 Å². The Labute approximate surface area is 158 Å². The van der Waals surface area contributed by atoms with E-state index in [2.05, 4.69) is 22.5 Å². The summed E-state index contributed by atoms with van der Waals surface area (Å²) in [7, 11) is 0. The number of aryl methyl sites for hydroxylation is 1. The Morgan fingerprint density at radius 1 is 1.00 bits per heavy atom. The molecule has 0 atom stereocenters. The summed E-state index contributed by atoms with van der Waals surface area (Å²) in [4.78, 5) is 22.7. The number of carbonyl (C=O) groups is 2. The summed E-state index contributed by atoms with van der Waals surface area (Å²) in [6, 6.07) is 14.5. The van der Waals surface area contributed by atoms with Crippen LogP contribution in [0.15, 0.2) is 48.5 Å². The van der Waals surface area contributed by atoms with Gasteiger partial charge in [-0.05, 0) is 31.2 Å². The van der Waals surface area contributed by atoms with Crippen LogP contribution in [0.2, 0.25) is 0 Å². The fourth-order valence-electron chi connectivity index (χ4n) is 2.08. The maximum Gasteiger partial charge on any atom is 0.258 e. The second kappa shape index (κ2) is 10.5. The van der Waals surface area contributed by atoms with Crippen LogP contribution in [0, 0.1) is 18.8 Å². The fourth-order valence-corrected chi connectivity index (χ4v) is 2.08. The Morgan fingerprint density at radius 2 is 1.78 bits per heavy atom. The quantitative estimate of drug-likeness (QED) is 0.739. The lowest BCUT2D eigenvalue weighted by Crippen LogP contribution is -2.29. The SMILES string of the molecule is CC(=O)Nc1cccc(OCC#CCNC(=O)COc2ccc(C)cc2)c1. The minimum atomic E-state index is -0.242. The van der Waals surface area contributed by atoms with E-state index in [0.717, 1.165) is 5.56 Å². The molecule has 0 aromatic heterocycles. The predicted octanol–water partition coefficient (Wildman–Crippen LogP) is 2.53. The lowest BCUT2D eigenvalue weighted by atomic mass is 10.2. The van der Waals surface area contributed by atoms with Crippen molar-refractivity contribution in [1.29, 1.82) is 0 Å². The molecule has 2 rings (SSSR count). The molecule has 2 aromatic rings. The van der Waals surface area contributed by atoms with Gasteiger partial charge in [-0.3, -0.25) is 9.59 Å². The standard InChI is InChI=1S/C21H22N2O4/c1-16-8-10-19(11-9-16)27-15-21(25)22-12-3-4-13-26-20-7-5-6-18(14-20)23-17(2)24/h5-11,14H,12-13,15H2,1-2H3,(H,22,25)(H,23,24). The number of carbonyl (C=O) groups excluding carboxylic acids is 2. The van der Waals surface area contributed by atoms with E-state index in [1.807, 2.05) is 31.2 Å². The lowest BCUT2D eigenvalue weighted by molar-refractivity contribution is -0.122. The zero-order valence-electron chi connectivity index (χ0n) is 15.4. The monoisotopic (exact) mass is 366 g/mol. The molecule has 140 valence electrons. The van der Waals surface area contributed by atoms with Gasteiger partial charge in [0.25, 0.3) is 5.91 Å². The molecule has 2 amide bonds. The van der Waals surface area contributed by atoms with Gasteiger partial charge in [-0.2, -0.15) is 0 Å². The summed E-state index contributed by atoms with van der Waals surface area (Å²) in [5.41, 5.74) is 1.79. The van der Waals surface area contributed by atoms with E-state index in [4.69, 9.17) is 9.47 Å². The van der Waals surface area contributed by atoms with Gasteiger partial charge >= 0.3 is 0 Å². The number of amides is 2. The first kappa shape index (κ1) is 19.9. The third-order valence-corrected chi connectivity index (χ3v) is 3.36. The Bertz CT molecular complexity index is 835. The van der Waals surface area contributed by atoms with Gasteiger partial charge in [0, 0.05) is 18.7 Å². The zero-order chi connectivity index (χ0) is 19.5. The van der Waals surface area contributed by atoms with Crippen molar-refractivity contribution >= 4 is 17.5 Å². The van der Waals surface area contributed by atoms with Crippen LogP contribution < -0.4 is 20.1 Å². The van der Waals surface area contributed by atoms with Crippen LogP contribution in [-0.2, 0) is 9.59 Å². The van der Waals surface area contributed by atoms with Gasteiger partial charge in [0.05, 0.1) is 6.54 Å². The minimum Gasteiger partial charge on any atom is -0.484 e. The van der Waals surface area contributed by atoms with Gasteiger partial charge in [-0.15, -0.1) is 0 Å². The van der Waals surface area contributed by atoms with Gasteiger partial charge in [0.2, 0.25) is 5.91 Å². The van der Waals surface area contributed by atoms with Gasteiger partial charge in [-0.25, -0.2) is 0 Å². The molecule has 0 saturated carbocycles. The molecule has 2 aromatic carbocycles. The molecule has 0 aliphatic rings. The number of nitrogens with one attached hydrogen (secondary N) is 2. The molecule has 2 N–H and O–H groups in total. The molecule has 6 nitrogen and oxygen atoms in total. The van der Waals surface area contributed by atoms with E-state index >= 15 is 0 Å². The molecular formula is C21H22N2O4. The van der Waals surface area contributed by atoms with Crippen molar-refractivity contribution in [3.8, 4) is 23.3 Å². The van der Waals surface area contributed by atoms with Crippen molar-refractivity contribution in [3.05, 3.63) is 54.1 Å². The molecule has 0 radical (unpaired) electrons. The topological polar surface area (TPSA) is 76.7 Å². The average molecular weight is 366 g/mol. The van der Waals surface area contributed by atoms with E-state index < -0.39 is 0 Å². The highest BCUT2D eigenvalue weighted by Crippen LogP contribution is 2.17. The van der Waals surface area contributed by atoms with Crippen molar-refractivity contribution in [2.24, 2.45) is 0 Å². The van der Waals surface area contributed by atoms with Crippen LogP contribution in [0.4, 0.5) is 5.69 Å². The Kier molecular flexibility index (Phi) is 7.73. The third-order valence-electron chi connectivity index (χ3n) is 3.36. The first-order valence-electron chi connectivity index (χ1n) is 8.45. The summed E-state index contributed by atoms with van der Waals surface area (Å²) in [5.74, 6) is 6.49. The number of ether oxygens (including phenoxy) is 2. The Hall–Kier alpha value is -3.46. The maximum atomic E-state index is 11.7. The Morgan fingerprint density at radius 3 is 2.52 bits per heavy atom. The summed E-state index contributed by atoms with van der Waals surface area (Å²) >= 11 is 0. The normalized spacial score (nSPS) is 9.56. The highest BCUT2D eigenvalue weighted by atomic mass is 16.5. The first-order valence-corrected chi connectivity index (χ1v) is 8.45. The average Bonchev–Trinajstić information content (AvgIpc) is 2.64. The van der Waals surface area contributed by atoms with E-state index in [1.165, 1.54) is 6.92 Å². The summed E-state index contributed by atoms with van der Waals surface area (Å²) in [6.07, 6.45) is 0. The highest BCUT2D eigenvalue weighted by Gasteiger charge is 2.01. The predicted molar refractivity (Wildman–Crippen MR) is 104 cm³/mol. The number of hydrogen-bond donors (Lipinski definition) is 2. The van der Waals surface area contributed by atoms with Crippen LogP contribution >= 0.6 is 0 Å². The number of hydrogen-bond acceptors (Lipinski definition) is 4. The van der Waals surface area contributed by atoms with Crippen LogP contribution in [0.5, 0.6) is 11.5 Å². The summed E-state index contributed by atoms with van der Waals surface area (Å²) in [6.45, 7) is 3.76. The maximum absolute atomic E-state index is 11.7. The van der Waals surface area contributed by atoms with Gasteiger partial charge in [0.1, 0.15) is 18.1 Å². The van der Waals surface area contributed by atoms with Crippen molar-refractivity contribution in [1.82, 2.24) is 5.32 Å². The van der Waals surface area contributed by atoms with Crippen LogP contribution in [0.25, 0.3) is 0 Å². The second-order valence-corrected chi connectivity index (χ2v) is 5.73. The molecular weight excluding hydrogens is 344 g/mol. The van der Waals surface area contributed by atoms with E-state index in [0.29, 0.717) is 17.2 Å². The fraction of sp³-hybridized carbons (Fsp3) is 0.238. The van der Waals surface area contributed by atoms with Crippen LogP contribution in [-0.4, -0.2) is 31.6 Å². The molecule has 0 aliphatic carbocycles. The van der Waals surface area contributed by atoms with Gasteiger partial charge in [0.15, 0.2) is 6.61 Å². The first-order chi connectivity index (χ1) is 13.0. The largest absolute Gasteiger partial charge is 0.484 e. The van der Waals surface area contributed by atoms with E-state index in [1.54, 1.807) is 24.3 Å². The molecule has 0 bridgehead atoms. The van der Waals surface area contributed by atoms with Gasteiger partial charge < -0.3 is 20.1 Å². The van der Waals surface area contributed by atoms with Crippen LogP contribution in [0.1, 0.15) is 12.5 Å². The van der Waals surface area contributed by atoms with Crippen molar-refractivity contribution < 1.29 is 19.1 Å². The smallest absolute Gasteiger partial charge is 0.258 e. The minimum absolute atomic E-state index is 0.0584. The molecule has 0 fully saturated rings. The van der Waals surface area contributed by atoms with Crippen molar-refractivity contribution in [2.45, 2.75) is 13.8 Å². The van der Waals surface area contributed by atoms with Gasteiger partial charge in [-0.1, -0.05) is 35.6 Å². The van der Waals surface area contributed by atoms with E-state index in [-0.39, 0.29) is 31.6 Å². The summed E-state index contributed by atoms with van der Waals surface area (Å²) < 4.78 is 10.9. The molecule has 0 unspecified atom stereocenters. The molecule has 0 aliphatic heterocycles. The molecule has 0 heterocycles. The number of rotatable bonds is 7. The molecule has 0 saturated heterocycles. The molecule has 27 heavy (non-hydrogen) atoms. The lowest BCUT2D eigenvalue weighted by Gasteiger charge is -2.06. The zero-order valence-corrected chi connectivity index (χ0v) is 15.4. The Balaban J connectivity index is 1.65. The van der Waals surface area contributed by atoms with Crippen LogP contribution in [0.3, 0.4) is 0 Å². The van der Waals surface area contributed by atoms with E-state index in [9.17, 15) is 9.59 Å². The summed E-state index contributed by atoms with van der Waals surface area (Å²) in [5, 5.41) is 5.33. The second-order valence-electron chi connectivity index (χ2n) is 5.73. The number of benzene rings is 2. The molecule has 0 spiro atoms. The molecule has 6 heteroatoms.